The number of hydrogen-bond acceptors (Lipinski definition) is 15. The summed E-state index contributed by atoms with van der Waals surface area (Å²) in [5.41, 5.74) is 13.2. The van der Waals surface area contributed by atoms with E-state index in [1.54, 1.807) is 39.5 Å². The molecule has 0 fully saturated rings. The number of benzene rings is 6. The lowest BCUT2D eigenvalue weighted by molar-refractivity contribution is -0.145. The number of phenolic OH excluding ortho intramolecular Hbond substituents is 6. The Kier molecular flexibility index (Phi) is 39.9. The second-order valence-corrected chi connectivity index (χ2v) is 49.5. The summed E-state index contributed by atoms with van der Waals surface area (Å²) < 4.78 is 11.2. The van der Waals surface area contributed by atoms with Crippen LogP contribution in [0.2, 0.25) is 0 Å². The van der Waals surface area contributed by atoms with Gasteiger partial charge in [0.1, 0.15) is 47.7 Å². The van der Waals surface area contributed by atoms with Crippen LogP contribution in [0, 0.1) is 23.7 Å². The summed E-state index contributed by atoms with van der Waals surface area (Å²) in [4.78, 5) is 70.2. The maximum Gasteiger partial charge on any atom is 0.313 e. The molecule has 0 aliphatic heterocycles. The highest BCUT2D eigenvalue weighted by Gasteiger charge is 2.36. The lowest BCUT2D eigenvalue weighted by Gasteiger charge is -2.29. The number of phenols is 6. The lowest BCUT2D eigenvalue weighted by Crippen LogP contribution is -2.21. The van der Waals surface area contributed by atoms with Gasteiger partial charge in [0.15, 0.2) is 0 Å². The molecule has 6 rings (SSSR count). The van der Waals surface area contributed by atoms with Crippen molar-refractivity contribution in [2.75, 3.05) is 24.7 Å². The van der Waals surface area contributed by atoms with Gasteiger partial charge in [0.05, 0.1) is 35.5 Å². The Labute approximate surface area is 781 Å². The van der Waals surface area contributed by atoms with Gasteiger partial charge in [-0.05, 0) is 205 Å². The smallest absolute Gasteiger partial charge is 0.313 e. The number of rotatable bonds is 22. The van der Waals surface area contributed by atoms with E-state index in [1.165, 1.54) is 0 Å². The van der Waals surface area contributed by atoms with E-state index in [2.05, 4.69) is 249 Å². The van der Waals surface area contributed by atoms with Gasteiger partial charge in [-0.1, -0.05) is 350 Å². The normalized spacial score (nSPS) is 14.1. The van der Waals surface area contributed by atoms with E-state index in [-0.39, 0.29) is 102 Å². The maximum absolute atomic E-state index is 13.0. The highest BCUT2D eigenvalue weighted by Crippen LogP contribution is 2.48. The zero-order valence-corrected chi connectivity index (χ0v) is 88.0. The molecule has 18 nitrogen and oxygen atoms in total. The van der Waals surface area contributed by atoms with Gasteiger partial charge in [-0.25, -0.2) is 0 Å². The number of carbonyl (C=O) groups excluding carboxylic acids is 2. The van der Waals surface area contributed by atoms with Crippen LogP contribution in [0.3, 0.4) is 0 Å². The fraction of sp³-hybridized carbons (Fsp3) is 0.618. The molecular weight excluding hydrogens is 1640 g/mol. The van der Waals surface area contributed by atoms with Crippen molar-refractivity contribution in [3.63, 3.8) is 0 Å². The van der Waals surface area contributed by atoms with Gasteiger partial charge in [0.2, 0.25) is 0 Å². The number of carboxylic acid groups (broad SMARTS) is 4. The first-order chi connectivity index (χ1) is 57.7. The van der Waals surface area contributed by atoms with Crippen LogP contribution < -0.4 is 0 Å². The third kappa shape index (κ3) is 34.8. The average molecular weight is 1810 g/mol. The van der Waals surface area contributed by atoms with Gasteiger partial charge in [-0.3, -0.25) is 28.8 Å². The van der Waals surface area contributed by atoms with Crippen LogP contribution in [0.25, 0.3) is 0 Å². The van der Waals surface area contributed by atoms with E-state index >= 15 is 0 Å². The molecule has 10 N–H and O–H groups in total. The van der Waals surface area contributed by atoms with Gasteiger partial charge >= 0.3 is 35.8 Å². The molecule has 0 spiro atoms. The van der Waals surface area contributed by atoms with Crippen molar-refractivity contribution in [3.05, 3.63) is 173 Å². The van der Waals surface area contributed by atoms with E-state index in [4.69, 9.17) is 29.9 Å². The van der Waals surface area contributed by atoms with Gasteiger partial charge in [0, 0.05) is 11.5 Å². The number of carbonyl (C=O) groups is 6. The Morgan fingerprint density at radius 1 is 0.240 bits per heavy atom. The Bertz CT molecular complexity index is 4120. The third-order valence-corrected chi connectivity index (χ3v) is 24.1. The Balaban J connectivity index is 0.000000574. The van der Waals surface area contributed by atoms with Crippen LogP contribution in [0.4, 0.5) is 0 Å². The topological polar surface area (TPSA) is 323 Å². The number of thioether (sulfide) groups is 1. The highest BCUT2D eigenvalue weighted by atomic mass is 32.2. The molecule has 6 aromatic carbocycles. The van der Waals surface area contributed by atoms with E-state index in [1.807, 2.05) is 86.6 Å². The van der Waals surface area contributed by atoms with Gasteiger partial charge in [-0.15, -0.1) is 0 Å². The second-order valence-electron chi connectivity index (χ2n) is 48.3. The van der Waals surface area contributed by atoms with E-state index < -0.39 is 59.4 Å². The monoisotopic (exact) mass is 1810 g/mol. The molecule has 6 aromatic rings. The molecule has 0 amide bonds. The molecule has 0 bridgehead atoms. The maximum atomic E-state index is 13.0. The van der Waals surface area contributed by atoms with Crippen molar-refractivity contribution in [2.45, 2.75) is 393 Å². The second kappa shape index (κ2) is 44.2. The van der Waals surface area contributed by atoms with Gasteiger partial charge < -0.3 is 60.5 Å². The number of carboxylic acids is 4. The molecule has 0 aromatic heterocycles. The van der Waals surface area contributed by atoms with Crippen molar-refractivity contribution in [2.24, 2.45) is 23.7 Å². The molecule has 6 atom stereocenters. The Hall–Kier alpha value is -8.71. The quantitative estimate of drug-likeness (QED) is 0.0223. The largest absolute Gasteiger partial charge is 0.507 e. The predicted molar refractivity (Wildman–Crippen MR) is 531 cm³/mol. The number of hydrogen-bond donors (Lipinski definition) is 10. The SMILES string of the molecule is CC(C(=O)OCCSCCOC(=O)C(C)c1cc(C(C)(C)C)c(O)c(C(C)(C)C)c1)c1cc(C(C)(C)C)c(O)c(C(C)(C)C)c1.CC(Cc1cc(C(C)(C)C)c(O)c(C(C)(C)C)c1)C(=O)O.CC(Cc1cc(C(C)(C)C)c(O)c(C(C)(C)C)c1)C(=O)O.CC(Cc1cc(C(C)(C)C)c(O)c(C(C)(C)C)c1)C(=O)O.CC(Cc1cc(C(C)(C)C)c(O)c(C(C)(C)C)c1)C(=O)O. The summed E-state index contributed by atoms with van der Waals surface area (Å²) in [6, 6.07) is 23.3. The van der Waals surface area contributed by atoms with E-state index in [0.717, 1.165) is 100 Å². The molecular formula is C110H170O18S. The average Bonchev–Trinajstić information content (AvgIpc) is 0.796. The molecule has 0 aliphatic carbocycles. The van der Waals surface area contributed by atoms with Crippen LogP contribution in [0.1, 0.15) is 403 Å². The Morgan fingerprint density at radius 2 is 0.364 bits per heavy atom. The van der Waals surface area contributed by atoms with Crippen LogP contribution in [-0.4, -0.2) is 112 Å². The first-order valence-electron chi connectivity index (χ1n) is 45.8. The van der Waals surface area contributed by atoms with E-state index in [9.17, 15) is 59.4 Å². The van der Waals surface area contributed by atoms with Crippen molar-refractivity contribution >= 4 is 47.6 Å². The van der Waals surface area contributed by atoms with Crippen molar-refractivity contribution in [3.8, 4) is 34.5 Å². The van der Waals surface area contributed by atoms with Gasteiger partial charge in [0.25, 0.3) is 0 Å². The summed E-state index contributed by atoms with van der Waals surface area (Å²) in [5, 5.41) is 101. The molecule has 19 heteroatoms. The molecule has 724 valence electrons. The van der Waals surface area contributed by atoms with Crippen molar-refractivity contribution < 1.29 is 89.3 Å². The Morgan fingerprint density at radius 3 is 0.481 bits per heavy atom. The summed E-state index contributed by atoms with van der Waals surface area (Å²) in [5.74, 6) is -3.38. The molecule has 0 saturated carbocycles. The highest BCUT2D eigenvalue weighted by molar-refractivity contribution is 7.99. The fourth-order valence-corrected chi connectivity index (χ4v) is 15.3. The molecule has 6 unspecified atom stereocenters. The van der Waals surface area contributed by atoms with Crippen LogP contribution in [0.15, 0.2) is 72.8 Å². The van der Waals surface area contributed by atoms with Crippen molar-refractivity contribution in [1.29, 1.82) is 0 Å². The molecule has 129 heavy (non-hydrogen) atoms. The molecule has 0 saturated heterocycles. The number of aromatic hydroxyl groups is 6. The van der Waals surface area contributed by atoms with E-state index in [0.29, 0.717) is 60.2 Å². The number of ether oxygens (including phenoxy) is 2. The zero-order chi connectivity index (χ0) is 101. The fourth-order valence-electron chi connectivity index (χ4n) is 14.7. The summed E-state index contributed by atoms with van der Waals surface area (Å²) in [6.07, 6.45) is 1.90. The first-order valence-corrected chi connectivity index (χ1v) is 46.9. The lowest BCUT2D eigenvalue weighted by atomic mass is 9.77. The minimum absolute atomic E-state index is 0.188. The third-order valence-electron chi connectivity index (χ3n) is 23.1. The standard InChI is InChI=1S/C38H58O6S.4C18H28O3/c1-23(25-19-27(35(3,4)5)31(39)28(20-25)36(6,7)8)33(41)43-15-17-45-18-16-44-34(42)24(2)26-21-29(37(9,10)11)32(40)30(22-26)38(12,13)14;4*1-11(16(20)21)8-12-9-13(17(2,3)4)15(19)14(10-12)18(5,6)7/h19-24,39-40H,15-18H2,1-14H3;4*9-11,19H,8H2,1-7H3,(H,20,21). The first kappa shape index (κ1) is 116. The zero-order valence-electron chi connectivity index (χ0n) is 87.2. The van der Waals surface area contributed by atoms with Crippen LogP contribution >= 0.6 is 11.8 Å². The number of esters is 2. The summed E-state index contributed by atoms with van der Waals surface area (Å²) in [6.45, 7) is 85.0. The van der Waals surface area contributed by atoms with Crippen LogP contribution in [-0.2, 0) is 129 Å². The number of aliphatic carboxylic acids is 4. The molecule has 0 aliphatic rings. The van der Waals surface area contributed by atoms with Gasteiger partial charge in [-0.2, -0.15) is 11.8 Å². The molecule has 0 heterocycles. The summed E-state index contributed by atoms with van der Waals surface area (Å²) in [7, 11) is 0. The summed E-state index contributed by atoms with van der Waals surface area (Å²) >= 11 is 1.56. The van der Waals surface area contributed by atoms with Crippen molar-refractivity contribution in [1.82, 2.24) is 0 Å². The molecule has 0 radical (unpaired) electrons. The minimum atomic E-state index is -0.794. The predicted octanol–water partition coefficient (Wildman–Crippen LogP) is 26.0. The van der Waals surface area contributed by atoms with Crippen LogP contribution in [0.5, 0.6) is 34.5 Å². The minimum Gasteiger partial charge on any atom is -0.507 e.